The molecule has 0 saturated carbocycles. The number of carbonyl (C=O) groups is 2. The molecule has 5 heterocycles. The highest BCUT2D eigenvalue weighted by Crippen LogP contribution is 2.37. The standard InChI is InChI=1S/C36H46N4O4/c1-9-23-19(3)27-15-28-21(5)25(11-13-35(41)43-7)33(39-28)18-34-26(12-14-36(42)44-8)22(6)30(40-34)17-32-24(10-2)20(4)29(38-32)16-31(23)37-27/h15-18,20,24,27,31,37,40H,9-14H2,1-8H3. The number of ether oxygens (including phenoxy) is 2. The van der Waals surface area contributed by atoms with Crippen LogP contribution in [0.1, 0.15) is 77.8 Å². The minimum Gasteiger partial charge on any atom is -0.469 e. The number of methoxy groups -OCH3 is 2. The van der Waals surface area contributed by atoms with Gasteiger partial charge in [-0.15, -0.1) is 0 Å². The van der Waals surface area contributed by atoms with Gasteiger partial charge in [-0.3, -0.25) is 19.9 Å². The van der Waals surface area contributed by atoms with Crippen molar-refractivity contribution >= 4 is 35.5 Å². The molecule has 0 amide bonds. The first-order chi connectivity index (χ1) is 21.1. The number of H-pyrrole nitrogens is 1. The molecule has 8 nitrogen and oxygen atoms in total. The van der Waals surface area contributed by atoms with Crippen LogP contribution in [0, 0.1) is 18.8 Å². The molecule has 0 radical (unpaired) electrons. The van der Waals surface area contributed by atoms with Crippen molar-refractivity contribution in [2.24, 2.45) is 21.8 Å². The number of hydrogen-bond donors (Lipinski definition) is 2. The molecule has 8 bridgehead atoms. The van der Waals surface area contributed by atoms with Crippen LogP contribution in [0.25, 0.3) is 12.2 Å². The Labute approximate surface area is 260 Å². The van der Waals surface area contributed by atoms with E-state index in [0.29, 0.717) is 24.7 Å². The van der Waals surface area contributed by atoms with Crippen molar-refractivity contribution < 1.29 is 19.1 Å². The maximum Gasteiger partial charge on any atom is 0.305 e. The summed E-state index contributed by atoms with van der Waals surface area (Å²) in [6.07, 6.45) is 12.4. The maximum atomic E-state index is 12.2. The molecule has 0 aromatic carbocycles. The van der Waals surface area contributed by atoms with Gasteiger partial charge in [0, 0.05) is 58.9 Å². The van der Waals surface area contributed by atoms with Crippen LogP contribution in [-0.4, -0.2) is 54.6 Å². The molecule has 4 unspecified atom stereocenters. The molecule has 4 atom stereocenters. The normalized spacial score (nSPS) is 24.4. The first-order valence-electron chi connectivity index (χ1n) is 15.9. The van der Waals surface area contributed by atoms with Crippen LogP contribution in [-0.2, 0) is 25.5 Å². The summed E-state index contributed by atoms with van der Waals surface area (Å²) < 4.78 is 9.94. The number of esters is 2. The predicted molar refractivity (Wildman–Crippen MR) is 176 cm³/mol. The average Bonchev–Trinajstić information content (AvgIpc) is 3.67. The van der Waals surface area contributed by atoms with E-state index >= 15 is 0 Å². The highest BCUT2D eigenvalue weighted by molar-refractivity contribution is 6.23. The number of nitrogens with one attached hydrogen (secondary N) is 2. The van der Waals surface area contributed by atoms with Gasteiger partial charge in [-0.2, -0.15) is 0 Å². The van der Waals surface area contributed by atoms with Crippen LogP contribution in [0.3, 0.4) is 0 Å². The fraction of sp³-hybridized carbons (Fsp3) is 0.500. The summed E-state index contributed by atoms with van der Waals surface area (Å²) in [6, 6.07) is 0.148. The molecule has 4 aliphatic rings. The third kappa shape index (κ3) is 5.96. The number of allylic oxidation sites excluding steroid dienone is 3. The van der Waals surface area contributed by atoms with E-state index in [1.54, 1.807) is 0 Å². The van der Waals surface area contributed by atoms with Gasteiger partial charge >= 0.3 is 11.9 Å². The highest BCUT2D eigenvalue weighted by Gasteiger charge is 2.34. The molecule has 4 aliphatic heterocycles. The molecular weight excluding hydrogens is 552 g/mol. The van der Waals surface area contributed by atoms with Gasteiger partial charge in [0.25, 0.3) is 0 Å². The van der Waals surface area contributed by atoms with Crippen molar-refractivity contribution in [3.05, 3.63) is 67.7 Å². The van der Waals surface area contributed by atoms with Gasteiger partial charge in [-0.25, -0.2) is 4.99 Å². The molecule has 0 saturated heterocycles. The second kappa shape index (κ2) is 13.1. The van der Waals surface area contributed by atoms with E-state index in [9.17, 15) is 9.59 Å². The summed E-state index contributed by atoms with van der Waals surface area (Å²) in [5.74, 6) is 0.132. The summed E-state index contributed by atoms with van der Waals surface area (Å²) >= 11 is 0. The Kier molecular flexibility index (Phi) is 9.39. The number of nitrogens with zero attached hydrogens (tertiary/aromatic N) is 2. The molecule has 234 valence electrons. The molecule has 0 fully saturated rings. The van der Waals surface area contributed by atoms with E-state index in [2.05, 4.69) is 76.1 Å². The Morgan fingerprint density at radius 2 is 1.61 bits per heavy atom. The third-order valence-corrected chi connectivity index (χ3v) is 9.92. The monoisotopic (exact) mass is 598 g/mol. The number of aromatic amines is 1. The number of rotatable bonds is 8. The van der Waals surface area contributed by atoms with Crippen molar-refractivity contribution in [1.29, 1.82) is 0 Å². The number of fused-ring (bicyclic) bond motifs is 6. The summed E-state index contributed by atoms with van der Waals surface area (Å²) in [5, 5.41) is 5.76. The van der Waals surface area contributed by atoms with Crippen molar-refractivity contribution in [3.8, 4) is 0 Å². The molecule has 0 aliphatic carbocycles. The van der Waals surface area contributed by atoms with Gasteiger partial charge in [-0.1, -0.05) is 26.3 Å². The van der Waals surface area contributed by atoms with Gasteiger partial charge in [0.1, 0.15) is 0 Å². The molecule has 2 N–H and O–H groups in total. The van der Waals surface area contributed by atoms with Crippen LogP contribution in [0.5, 0.6) is 0 Å². The summed E-state index contributed by atoms with van der Waals surface area (Å²) in [4.78, 5) is 38.4. The largest absolute Gasteiger partial charge is 0.469 e. The molecular formula is C36H46N4O4. The van der Waals surface area contributed by atoms with Crippen LogP contribution in [0.15, 0.2) is 55.8 Å². The van der Waals surface area contributed by atoms with Gasteiger partial charge in [0.2, 0.25) is 0 Å². The molecule has 5 rings (SSSR count). The SMILES string of the molecule is CCC1=C(C)C2C=C3N=C(C=c4[nH]c(c(C)c4CCC(=O)OC)=CC4=NC(=CC1N2)C(C)C4CC)C(CCC(=O)OC)=C3C. The van der Waals surface area contributed by atoms with Crippen molar-refractivity contribution in [3.63, 3.8) is 0 Å². The zero-order valence-corrected chi connectivity index (χ0v) is 27.4. The Hall–Kier alpha value is -3.78. The van der Waals surface area contributed by atoms with Crippen LogP contribution in [0.2, 0.25) is 0 Å². The minimum absolute atomic E-state index is 0.0401. The lowest BCUT2D eigenvalue weighted by Gasteiger charge is -2.17. The first-order valence-corrected chi connectivity index (χ1v) is 15.9. The zero-order valence-electron chi connectivity index (χ0n) is 27.4. The smallest absolute Gasteiger partial charge is 0.305 e. The van der Waals surface area contributed by atoms with E-state index in [4.69, 9.17) is 19.5 Å². The third-order valence-electron chi connectivity index (χ3n) is 9.92. The second-order valence-corrected chi connectivity index (χ2v) is 12.3. The van der Waals surface area contributed by atoms with E-state index in [1.165, 1.54) is 25.4 Å². The molecule has 0 spiro atoms. The quantitative estimate of drug-likeness (QED) is 0.334. The lowest BCUT2D eigenvalue weighted by Crippen LogP contribution is -2.30. The van der Waals surface area contributed by atoms with E-state index < -0.39 is 0 Å². The second-order valence-electron chi connectivity index (χ2n) is 12.3. The Morgan fingerprint density at radius 3 is 2.27 bits per heavy atom. The Balaban J connectivity index is 1.75. The van der Waals surface area contributed by atoms with Crippen LogP contribution in [0.4, 0.5) is 0 Å². The Bertz CT molecular complexity index is 1680. The van der Waals surface area contributed by atoms with Gasteiger partial charge in [0.15, 0.2) is 0 Å². The fourth-order valence-corrected chi connectivity index (χ4v) is 7.14. The van der Waals surface area contributed by atoms with Gasteiger partial charge in [0.05, 0.1) is 25.6 Å². The minimum atomic E-state index is -0.248. The fourth-order valence-electron chi connectivity index (χ4n) is 7.14. The van der Waals surface area contributed by atoms with Crippen molar-refractivity contribution in [2.45, 2.75) is 92.2 Å². The number of hydrogen-bond acceptors (Lipinski definition) is 7. The van der Waals surface area contributed by atoms with Crippen LogP contribution >= 0.6 is 0 Å². The molecule has 1 aromatic rings. The van der Waals surface area contributed by atoms with Crippen molar-refractivity contribution in [1.82, 2.24) is 10.3 Å². The van der Waals surface area contributed by atoms with Gasteiger partial charge < -0.3 is 14.5 Å². The first kappa shape index (κ1) is 31.6. The van der Waals surface area contributed by atoms with E-state index in [1.807, 2.05) is 0 Å². The molecule has 8 heteroatoms. The lowest BCUT2D eigenvalue weighted by atomic mass is 9.87. The zero-order chi connectivity index (χ0) is 31.7. The van der Waals surface area contributed by atoms with Crippen molar-refractivity contribution in [2.75, 3.05) is 14.2 Å². The average molecular weight is 599 g/mol. The summed E-state index contributed by atoms with van der Waals surface area (Å²) in [6.45, 7) is 13.1. The Morgan fingerprint density at radius 1 is 0.909 bits per heavy atom. The topological polar surface area (TPSA) is 105 Å². The number of carbonyl (C=O) groups excluding carboxylic acids is 2. The predicted octanol–water partition coefficient (Wildman–Crippen LogP) is 4.68. The van der Waals surface area contributed by atoms with Gasteiger partial charge in [-0.05, 0) is 98.6 Å². The highest BCUT2D eigenvalue weighted by atomic mass is 16.5. The summed E-state index contributed by atoms with van der Waals surface area (Å²) in [7, 11) is 2.84. The lowest BCUT2D eigenvalue weighted by molar-refractivity contribution is -0.141. The number of aromatic nitrogens is 1. The maximum absolute atomic E-state index is 12.2. The van der Waals surface area contributed by atoms with E-state index in [0.717, 1.165) is 68.6 Å². The summed E-state index contributed by atoms with van der Waals surface area (Å²) in [5.41, 5.74) is 10.9. The van der Waals surface area contributed by atoms with E-state index in [-0.39, 0.29) is 36.9 Å². The molecule has 1 aromatic heterocycles. The molecule has 44 heavy (non-hydrogen) atoms. The number of aliphatic imine (C=N–C) groups is 2. The van der Waals surface area contributed by atoms with Crippen LogP contribution < -0.4 is 16.0 Å².